The fourth-order valence-corrected chi connectivity index (χ4v) is 4.51. The van der Waals surface area contributed by atoms with E-state index in [2.05, 4.69) is 18.7 Å². The van der Waals surface area contributed by atoms with E-state index in [1.54, 1.807) is 0 Å². The van der Waals surface area contributed by atoms with Crippen molar-refractivity contribution in [3.05, 3.63) is 0 Å². The maximum atomic E-state index is 11.4. The standard InChI is InChI=1S/C15H26O2S/c1-3-12-4-6-13(7-5-12)18-11-15(8-9-15)10-14(16)17-2/h12-13H,3-11H2,1-2H3. The first-order valence-corrected chi connectivity index (χ1v) is 8.41. The van der Waals surface area contributed by atoms with E-state index < -0.39 is 0 Å². The van der Waals surface area contributed by atoms with Crippen molar-refractivity contribution >= 4 is 17.7 Å². The van der Waals surface area contributed by atoms with Crippen LogP contribution in [0, 0.1) is 11.3 Å². The van der Waals surface area contributed by atoms with Crippen LogP contribution in [-0.2, 0) is 9.53 Å². The van der Waals surface area contributed by atoms with Crippen molar-refractivity contribution in [2.45, 2.75) is 63.5 Å². The SMILES string of the molecule is CCC1CCC(SCC2(CC(=O)OC)CC2)CC1. The van der Waals surface area contributed by atoms with E-state index in [4.69, 9.17) is 4.74 Å². The third-order valence-electron chi connectivity index (χ3n) is 4.70. The van der Waals surface area contributed by atoms with Crippen LogP contribution in [0.4, 0.5) is 0 Å². The van der Waals surface area contributed by atoms with Crippen molar-refractivity contribution in [2.24, 2.45) is 11.3 Å². The first kappa shape index (κ1) is 14.2. The molecule has 2 aliphatic carbocycles. The Bertz CT molecular complexity index is 278. The Labute approximate surface area is 115 Å². The van der Waals surface area contributed by atoms with E-state index >= 15 is 0 Å². The largest absolute Gasteiger partial charge is 0.469 e. The molecular weight excluding hydrogens is 244 g/mol. The van der Waals surface area contributed by atoms with Gasteiger partial charge in [-0.15, -0.1) is 0 Å². The van der Waals surface area contributed by atoms with Gasteiger partial charge in [-0.1, -0.05) is 13.3 Å². The molecule has 0 aromatic carbocycles. The predicted molar refractivity (Wildman–Crippen MR) is 76.8 cm³/mol. The molecule has 0 amide bonds. The van der Waals surface area contributed by atoms with Gasteiger partial charge in [-0.3, -0.25) is 4.79 Å². The topological polar surface area (TPSA) is 26.3 Å². The van der Waals surface area contributed by atoms with Crippen LogP contribution >= 0.6 is 11.8 Å². The average molecular weight is 270 g/mol. The molecule has 0 aliphatic heterocycles. The summed E-state index contributed by atoms with van der Waals surface area (Å²) in [5.41, 5.74) is 0.305. The minimum absolute atomic E-state index is 0.0252. The highest BCUT2D eigenvalue weighted by Gasteiger charge is 2.44. The highest BCUT2D eigenvalue weighted by molar-refractivity contribution is 7.99. The van der Waals surface area contributed by atoms with Crippen molar-refractivity contribution in [1.29, 1.82) is 0 Å². The van der Waals surface area contributed by atoms with E-state index in [1.807, 2.05) is 0 Å². The maximum absolute atomic E-state index is 11.4. The average Bonchev–Trinajstić information content (AvgIpc) is 3.17. The van der Waals surface area contributed by atoms with Crippen LogP contribution in [0.15, 0.2) is 0 Å². The zero-order chi connectivity index (χ0) is 13.0. The van der Waals surface area contributed by atoms with Gasteiger partial charge >= 0.3 is 5.97 Å². The number of ether oxygens (including phenoxy) is 1. The van der Waals surface area contributed by atoms with E-state index in [-0.39, 0.29) is 5.97 Å². The molecule has 0 aromatic heterocycles. The Morgan fingerprint density at radius 1 is 1.28 bits per heavy atom. The number of rotatable bonds is 6. The van der Waals surface area contributed by atoms with Crippen LogP contribution in [0.3, 0.4) is 0 Å². The second kappa shape index (κ2) is 6.31. The fraction of sp³-hybridized carbons (Fsp3) is 0.933. The second-order valence-electron chi connectivity index (χ2n) is 6.11. The van der Waals surface area contributed by atoms with Gasteiger partial charge in [0, 0.05) is 5.25 Å². The summed E-state index contributed by atoms with van der Waals surface area (Å²) in [6.45, 7) is 2.31. The van der Waals surface area contributed by atoms with Crippen molar-refractivity contribution in [3.8, 4) is 0 Å². The molecular formula is C15H26O2S. The smallest absolute Gasteiger partial charge is 0.306 e. The monoisotopic (exact) mass is 270 g/mol. The highest BCUT2D eigenvalue weighted by Crippen LogP contribution is 2.52. The number of hydrogen-bond acceptors (Lipinski definition) is 3. The third kappa shape index (κ3) is 3.91. The molecule has 0 saturated heterocycles. The molecule has 2 nitrogen and oxygen atoms in total. The molecule has 2 aliphatic rings. The Morgan fingerprint density at radius 3 is 2.44 bits per heavy atom. The Morgan fingerprint density at radius 2 is 1.94 bits per heavy atom. The van der Waals surface area contributed by atoms with Gasteiger partial charge in [0.2, 0.25) is 0 Å². The van der Waals surface area contributed by atoms with E-state index in [0.717, 1.165) is 11.2 Å². The first-order chi connectivity index (χ1) is 8.67. The number of methoxy groups -OCH3 is 1. The Kier molecular flexibility index (Phi) is 4.99. The van der Waals surface area contributed by atoms with Crippen LogP contribution in [0.25, 0.3) is 0 Å². The van der Waals surface area contributed by atoms with E-state index in [0.29, 0.717) is 11.8 Å². The number of hydrogen-bond donors (Lipinski definition) is 0. The molecule has 0 N–H and O–H groups in total. The normalized spacial score (nSPS) is 29.9. The molecule has 0 atom stereocenters. The minimum atomic E-state index is -0.0252. The summed E-state index contributed by atoms with van der Waals surface area (Å²) in [4.78, 5) is 11.4. The van der Waals surface area contributed by atoms with Crippen molar-refractivity contribution in [1.82, 2.24) is 0 Å². The van der Waals surface area contributed by atoms with E-state index in [1.165, 1.54) is 57.8 Å². The first-order valence-electron chi connectivity index (χ1n) is 7.36. The van der Waals surface area contributed by atoms with E-state index in [9.17, 15) is 4.79 Å². The number of esters is 1. The second-order valence-corrected chi connectivity index (χ2v) is 7.40. The molecule has 2 fully saturated rings. The summed E-state index contributed by atoms with van der Waals surface area (Å²) >= 11 is 2.12. The predicted octanol–water partition coefficient (Wildman–Crippen LogP) is 4.03. The van der Waals surface area contributed by atoms with Crippen LogP contribution in [0.5, 0.6) is 0 Å². The van der Waals surface area contributed by atoms with Crippen LogP contribution in [0.2, 0.25) is 0 Å². The van der Waals surface area contributed by atoms with Crippen molar-refractivity contribution in [2.75, 3.05) is 12.9 Å². The summed E-state index contributed by atoms with van der Waals surface area (Å²) in [6, 6.07) is 0. The molecule has 0 heterocycles. The Balaban J connectivity index is 1.67. The molecule has 18 heavy (non-hydrogen) atoms. The number of thioether (sulfide) groups is 1. The lowest BCUT2D eigenvalue weighted by atomic mass is 9.87. The minimum Gasteiger partial charge on any atom is -0.469 e. The zero-order valence-electron chi connectivity index (χ0n) is 11.7. The molecule has 0 aromatic rings. The molecule has 2 rings (SSSR count). The van der Waals surface area contributed by atoms with Gasteiger partial charge in [-0.2, -0.15) is 11.8 Å². The highest BCUT2D eigenvalue weighted by atomic mass is 32.2. The van der Waals surface area contributed by atoms with Gasteiger partial charge in [-0.25, -0.2) is 0 Å². The lowest BCUT2D eigenvalue weighted by molar-refractivity contribution is -0.141. The summed E-state index contributed by atoms with van der Waals surface area (Å²) in [7, 11) is 1.50. The molecule has 0 bridgehead atoms. The van der Waals surface area contributed by atoms with Crippen LogP contribution < -0.4 is 0 Å². The molecule has 0 radical (unpaired) electrons. The lowest BCUT2D eigenvalue weighted by Crippen LogP contribution is -2.19. The molecule has 0 unspecified atom stereocenters. The maximum Gasteiger partial charge on any atom is 0.306 e. The third-order valence-corrected chi connectivity index (χ3v) is 6.42. The lowest BCUT2D eigenvalue weighted by Gasteiger charge is -2.28. The van der Waals surface area contributed by atoms with Gasteiger partial charge in [0.05, 0.1) is 13.5 Å². The number of carbonyl (C=O) groups excluding carboxylic acids is 1. The van der Waals surface area contributed by atoms with Crippen LogP contribution in [0.1, 0.15) is 58.3 Å². The van der Waals surface area contributed by atoms with Gasteiger partial charge in [0.25, 0.3) is 0 Å². The fourth-order valence-electron chi connectivity index (χ4n) is 2.93. The summed E-state index contributed by atoms with van der Waals surface area (Å²) in [5, 5.41) is 0.850. The van der Waals surface area contributed by atoms with Crippen LogP contribution in [-0.4, -0.2) is 24.1 Å². The molecule has 104 valence electrons. The summed E-state index contributed by atoms with van der Waals surface area (Å²) in [6.07, 6.45) is 10.0. The molecule has 3 heteroatoms. The van der Waals surface area contributed by atoms with Gasteiger partial charge < -0.3 is 4.74 Å². The summed E-state index contributed by atoms with van der Waals surface area (Å²) < 4.78 is 4.80. The van der Waals surface area contributed by atoms with Gasteiger partial charge in [0.1, 0.15) is 0 Å². The summed E-state index contributed by atoms with van der Waals surface area (Å²) in [5.74, 6) is 2.12. The molecule has 2 saturated carbocycles. The number of carbonyl (C=O) groups is 1. The molecule has 0 spiro atoms. The quantitative estimate of drug-likeness (QED) is 0.682. The van der Waals surface area contributed by atoms with Crippen molar-refractivity contribution < 1.29 is 9.53 Å². The van der Waals surface area contributed by atoms with Gasteiger partial charge in [0.15, 0.2) is 0 Å². The Hall–Kier alpha value is -0.180. The van der Waals surface area contributed by atoms with Crippen molar-refractivity contribution in [3.63, 3.8) is 0 Å². The van der Waals surface area contributed by atoms with Gasteiger partial charge in [-0.05, 0) is 55.6 Å². The zero-order valence-corrected chi connectivity index (χ0v) is 12.6.